The van der Waals surface area contributed by atoms with E-state index in [0.29, 0.717) is 17.3 Å². The smallest absolute Gasteiger partial charge is 0.251 e. The maximum Gasteiger partial charge on any atom is 0.251 e. The van der Waals surface area contributed by atoms with Gasteiger partial charge in [-0.1, -0.05) is 30.0 Å². The van der Waals surface area contributed by atoms with Crippen molar-refractivity contribution < 1.29 is 14.7 Å². The molecule has 0 radical (unpaired) electrons. The number of aliphatic imine (C=N–C) groups is 1. The Labute approximate surface area is 120 Å². The summed E-state index contributed by atoms with van der Waals surface area (Å²) >= 11 is 1.44. The summed E-state index contributed by atoms with van der Waals surface area (Å²) in [4.78, 5) is 27.9. The Hall–Kier alpha value is -1.86. The number of aliphatic hydroxyl groups excluding tert-OH is 1. The fraction of sp³-hybridized carbons (Fsp3) is 0.308. The summed E-state index contributed by atoms with van der Waals surface area (Å²) in [6.45, 7) is 0.197. The molecule has 0 saturated heterocycles. The van der Waals surface area contributed by atoms with Crippen molar-refractivity contribution in [3.05, 3.63) is 35.9 Å². The number of nitrogens with one attached hydrogen (secondary N) is 2. The number of carbonyl (C=O) groups is 2. The zero-order valence-electron chi connectivity index (χ0n) is 10.7. The molecule has 1 aliphatic rings. The van der Waals surface area contributed by atoms with Gasteiger partial charge in [-0.15, -0.1) is 0 Å². The fourth-order valence-electron chi connectivity index (χ4n) is 1.63. The van der Waals surface area contributed by atoms with Crippen LogP contribution in [0.25, 0.3) is 0 Å². The first-order valence-electron chi connectivity index (χ1n) is 6.15. The number of benzene rings is 1. The summed E-state index contributed by atoms with van der Waals surface area (Å²) in [5.41, 5.74) is 0.436. The number of hydrogen-bond donors (Lipinski definition) is 3. The van der Waals surface area contributed by atoms with Crippen LogP contribution in [0, 0.1) is 0 Å². The van der Waals surface area contributed by atoms with Crippen LogP contribution in [-0.2, 0) is 4.79 Å². The van der Waals surface area contributed by atoms with E-state index in [0.717, 1.165) is 5.75 Å². The van der Waals surface area contributed by atoms with E-state index < -0.39 is 24.5 Å². The summed E-state index contributed by atoms with van der Waals surface area (Å²) in [5.74, 6) is -0.0405. The van der Waals surface area contributed by atoms with Gasteiger partial charge in [-0.3, -0.25) is 14.6 Å². The van der Waals surface area contributed by atoms with Crippen molar-refractivity contribution in [1.29, 1.82) is 0 Å². The predicted molar refractivity (Wildman–Crippen MR) is 77.7 cm³/mol. The summed E-state index contributed by atoms with van der Waals surface area (Å²) in [6.07, 6.45) is 0. The second-order valence-electron chi connectivity index (χ2n) is 4.10. The monoisotopic (exact) mass is 293 g/mol. The van der Waals surface area contributed by atoms with Crippen LogP contribution in [0.1, 0.15) is 10.4 Å². The van der Waals surface area contributed by atoms with Gasteiger partial charge in [0.2, 0.25) is 0 Å². The lowest BCUT2D eigenvalue weighted by Crippen LogP contribution is -2.49. The van der Waals surface area contributed by atoms with Crippen LogP contribution in [-0.4, -0.2) is 47.0 Å². The number of hydrogen-bond acceptors (Lipinski definition) is 5. The molecule has 0 aromatic heterocycles. The van der Waals surface area contributed by atoms with E-state index in [1.54, 1.807) is 30.3 Å². The van der Waals surface area contributed by atoms with Gasteiger partial charge in [-0.05, 0) is 12.1 Å². The largest absolute Gasteiger partial charge is 0.394 e. The molecule has 2 rings (SSSR count). The third-order valence-corrected chi connectivity index (χ3v) is 3.55. The molecule has 20 heavy (non-hydrogen) atoms. The molecule has 1 aromatic rings. The lowest BCUT2D eigenvalue weighted by Gasteiger charge is -2.15. The summed E-state index contributed by atoms with van der Waals surface area (Å²) in [6, 6.07) is 7.53. The normalized spacial score (nSPS) is 15.3. The minimum absolute atomic E-state index is 0.402. The number of rotatable bonds is 4. The number of aliphatic hydroxyl groups is 1. The van der Waals surface area contributed by atoms with E-state index in [1.807, 2.05) is 0 Å². The average molecular weight is 293 g/mol. The molecule has 1 aliphatic heterocycles. The lowest BCUT2D eigenvalue weighted by atomic mass is 10.2. The van der Waals surface area contributed by atoms with Gasteiger partial charge in [0.05, 0.1) is 13.2 Å². The molecule has 0 fully saturated rings. The number of nitrogens with zero attached hydrogens (tertiary/aromatic N) is 1. The molecule has 0 bridgehead atoms. The minimum atomic E-state index is -0.994. The first-order chi connectivity index (χ1) is 9.70. The van der Waals surface area contributed by atoms with Crippen molar-refractivity contribution in [3.8, 4) is 0 Å². The number of thioether (sulfide) groups is 1. The fourth-order valence-corrected chi connectivity index (χ4v) is 2.36. The van der Waals surface area contributed by atoms with Crippen LogP contribution in [0.4, 0.5) is 0 Å². The highest BCUT2D eigenvalue weighted by Crippen LogP contribution is 2.09. The van der Waals surface area contributed by atoms with Gasteiger partial charge in [0.25, 0.3) is 11.8 Å². The lowest BCUT2D eigenvalue weighted by molar-refractivity contribution is -0.122. The number of amides is 2. The maximum atomic E-state index is 11.9. The second-order valence-corrected chi connectivity index (χ2v) is 5.18. The third-order valence-electron chi connectivity index (χ3n) is 2.66. The molecular weight excluding hydrogens is 278 g/mol. The van der Waals surface area contributed by atoms with Crippen LogP contribution in [0.5, 0.6) is 0 Å². The van der Waals surface area contributed by atoms with Crippen LogP contribution in [0.15, 0.2) is 35.3 Å². The summed E-state index contributed by atoms with van der Waals surface area (Å²) < 4.78 is 0. The Kier molecular flexibility index (Phi) is 5.14. The molecule has 1 unspecified atom stereocenters. The van der Waals surface area contributed by atoms with Gasteiger partial charge in [0, 0.05) is 11.3 Å². The Balaban J connectivity index is 1.94. The van der Waals surface area contributed by atoms with Crippen molar-refractivity contribution in [3.63, 3.8) is 0 Å². The quantitative estimate of drug-likeness (QED) is 0.728. The van der Waals surface area contributed by atoms with Crippen molar-refractivity contribution in [1.82, 2.24) is 10.6 Å². The predicted octanol–water partition coefficient (Wildman–Crippen LogP) is -0.00370. The number of amidine groups is 1. The van der Waals surface area contributed by atoms with Gasteiger partial charge < -0.3 is 15.7 Å². The molecule has 1 atom stereocenters. The molecule has 3 N–H and O–H groups in total. The first-order valence-corrected chi connectivity index (χ1v) is 7.14. The van der Waals surface area contributed by atoms with Gasteiger partial charge in [-0.2, -0.15) is 0 Å². The molecule has 106 valence electrons. The molecule has 7 heteroatoms. The highest BCUT2D eigenvalue weighted by atomic mass is 32.2. The molecule has 0 aliphatic carbocycles. The first kappa shape index (κ1) is 14.5. The average Bonchev–Trinajstić information content (AvgIpc) is 2.98. The third kappa shape index (κ3) is 3.82. The van der Waals surface area contributed by atoms with Crippen molar-refractivity contribution in [2.45, 2.75) is 6.04 Å². The van der Waals surface area contributed by atoms with E-state index >= 15 is 0 Å². The molecule has 0 spiro atoms. The Morgan fingerprint density at radius 3 is 2.70 bits per heavy atom. The van der Waals surface area contributed by atoms with E-state index in [1.165, 1.54) is 11.8 Å². The minimum Gasteiger partial charge on any atom is -0.394 e. The molecule has 6 nitrogen and oxygen atoms in total. The zero-order valence-corrected chi connectivity index (χ0v) is 11.5. The molecule has 1 heterocycles. The van der Waals surface area contributed by atoms with Crippen molar-refractivity contribution >= 4 is 28.7 Å². The maximum absolute atomic E-state index is 11.9. The SMILES string of the molecule is O=C(NC(CO)C(=O)NC1=NCCS1)c1ccccc1. The van der Waals surface area contributed by atoms with E-state index in [-0.39, 0.29) is 0 Å². The van der Waals surface area contributed by atoms with E-state index in [2.05, 4.69) is 15.6 Å². The van der Waals surface area contributed by atoms with Gasteiger partial charge in [-0.25, -0.2) is 0 Å². The van der Waals surface area contributed by atoms with E-state index in [4.69, 9.17) is 0 Å². The van der Waals surface area contributed by atoms with Gasteiger partial charge in [0.1, 0.15) is 6.04 Å². The van der Waals surface area contributed by atoms with Crippen molar-refractivity contribution in [2.24, 2.45) is 4.99 Å². The Morgan fingerprint density at radius 2 is 2.10 bits per heavy atom. The molecular formula is C13H15N3O3S. The topological polar surface area (TPSA) is 90.8 Å². The van der Waals surface area contributed by atoms with E-state index in [9.17, 15) is 14.7 Å². The molecule has 2 amide bonds. The molecule has 0 saturated carbocycles. The van der Waals surface area contributed by atoms with Crippen LogP contribution in [0.2, 0.25) is 0 Å². The van der Waals surface area contributed by atoms with Crippen molar-refractivity contribution in [2.75, 3.05) is 18.9 Å². The zero-order chi connectivity index (χ0) is 14.4. The van der Waals surface area contributed by atoms with Gasteiger partial charge in [0.15, 0.2) is 5.17 Å². The molecule has 1 aromatic carbocycles. The Morgan fingerprint density at radius 1 is 1.35 bits per heavy atom. The second kappa shape index (κ2) is 7.06. The van der Waals surface area contributed by atoms with Crippen LogP contribution >= 0.6 is 11.8 Å². The standard InChI is InChI=1S/C13H15N3O3S/c17-8-10(12(19)16-13-14-6-7-20-13)15-11(18)9-4-2-1-3-5-9/h1-5,10,17H,6-8H2,(H,15,18)(H,14,16,19). The highest BCUT2D eigenvalue weighted by molar-refractivity contribution is 8.14. The Bertz CT molecular complexity index is 519. The summed E-state index contributed by atoms with van der Waals surface area (Å²) in [7, 11) is 0. The van der Waals surface area contributed by atoms with Gasteiger partial charge >= 0.3 is 0 Å². The highest BCUT2D eigenvalue weighted by Gasteiger charge is 2.22. The van der Waals surface area contributed by atoms with Crippen LogP contribution in [0.3, 0.4) is 0 Å². The summed E-state index contributed by atoms with van der Waals surface area (Å²) in [5, 5.41) is 14.9. The number of carbonyl (C=O) groups excluding carboxylic acids is 2. The van der Waals surface area contributed by atoms with Crippen LogP contribution < -0.4 is 10.6 Å².